The number of nitrogens with one attached hydrogen (secondary N) is 1. The van der Waals surface area contributed by atoms with Gasteiger partial charge in [-0.2, -0.15) is 0 Å². The van der Waals surface area contributed by atoms with E-state index in [4.69, 9.17) is 16.3 Å². The Kier molecular flexibility index (Phi) is 6.01. The monoisotopic (exact) mass is 298 g/mol. The van der Waals surface area contributed by atoms with Crippen LogP contribution in [0.15, 0.2) is 6.33 Å². The topological polar surface area (TPSA) is 50.3 Å². The predicted molar refractivity (Wildman–Crippen MR) is 81.4 cm³/mol. The van der Waals surface area contributed by atoms with Crippen LogP contribution < -0.4 is 5.32 Å². The molecule has 112 valence electrons. The second kappa shape index (κ2) is 7.76. The molecule has 0 spiro atoms. The van der Waals surface area contributed by atoms with Crippen LogP contribution >= 0.6 is 11.6 Å². The summed E-state index contributed by atoms with van der Waals surface area (Å²) in [6.45, 7) is 8.90. The molecule has 1 aromatic rings. The van der Waals surface area contributed by atoms with Gasteiger partial charge in [0.15, 0.2) is 0 Å². The van der Waals surface area contributed by atoms with Crippen LogP contribution in [-0.4, -0.2) is 53.8 Å². The lowest BCUT2D eigenvalue weighted by molar-refractivity contribution is -0.0192. The number of hydrogen-bond donors (Lipinski definition) is 1. The molecule has 0 amide bonds. The Balaban J connectivity index is 1.95. The SMILES string of the molecule is CCCc1c(Cl)ncnc1NCC1CN(CC)CCO1. The number of aromatic nitrogens is 2. The van der Waals surface area contributed by atoms with E-state index in [1.807, 2.05) is 0 Å². The van der Waals surface area contributed by atoms with Crippen molar-refractivity contribution < 1.29 is 4.74 Å². The van der Waals surface area contributed by atoms with Crippen molar-refractivity contribution in [3.8, 4) is 0 Å². The molecule has 2 heterocycles. The number of hydrogen-bond acceptors (Lipinski definition) is 5. The summed E-state index contributed by atoms with van der Waals surface area (Å²) in [5.74, 6) is 0.837. The maximum atomic E-state index is 6.14. The first kappa shape index (κ1) is 15.5. The maximum Gasteiger partial charge on any atom is 0.137 e. The average Bonchev–Trinajstić information content (AvgIpc) is 2.48. The molecule has 1 fully saturated rings. The third kappa shape index (κ3) is 4.04. The number of nitrogens with zero attached hydrogens (tertiary/aromatic N) is 3. The molecular formula is C14H23ClN4O. The van der Waals surface area contributed by atoms with Gasteiger partial charge in [-0.15, -0.1) is 0 Å². The first-order valence-electron chi connectivity index (χ1n) is 7.31. The smallest absolute Gasteiger partial charge is 0.137 e. The van der Waals surface area contributed by atoms with Crippen molar-refractivity contribution in [2.45, 2.75) is 32.8 Å². The minimum Gasteiger partial charge on any atom is -0.374 e. The maximum absolute atomic E-state index is 6.14. The number of morpholine rings is 1. The summed E-state index contributed by atoms with van der Waals surface area (Å²) in [7, 11) is 0. The fourth-order valence-corrected chi connectivity index (χ4v) is 2.64. The van der Waals surface area contributed by atoms with E-state index >= 15 is 0 Å². The molecule has 1 unspecified atom stereocenters. The minimum absolute atomic E-state index is 0.201. The van der Waals surface area contributed by atoms with Crippen LogP contribution in [0.5, 0.6) is 0 Å². The van der Waals surface area contributed by atoms with E-state index in [0.717, 1.165) is 57.0 Å². The van der Waals surface area contributed by atoms with Gasteiger partial charge in [0.1, 0.15) is 17.3 Å². The molecule has 0 aromatic carbocycles. The van der Waals surface area contributed by atoms with E-state index in [-0.39, 0.29) is 6.10 Å². The summed E-state index contributed by atoms with van der Waals surface area (Å²) < 4.78 is 5.78. The summed E-state index contributed by atoms with van der Waals surface area (Å²) in [4.78, 5) is 10.8. The molecular weight excluding hydrogens is 276 g/mol. The van der Waals surface area contributed by atoms with Crippen molar-refractivity contribution in [1.29, 1.82) is 0 Å². The van der Waals surface area contributed by atoms with Crippen molar-refractivity contribution in [2.24, 2.45) is 0 Å². The fourth-order valence-electron chi connectivity index (χ4n) is 2.42. The van der Waals surface area contributed by atoms with Crippen LogP contribution in [0.4, 0.5) is 5.82 Å². The summed E-state index contributed by atoms with van der Waals surface area (Å²) in [6, 6.07) is 0. The zero-order valence-corrected chi connectivity index (χ0v) is 13.0. The molecule has 0 bridgehead atoms. The van der Waals surface area contributed by atoms with Crippen LogP contribution in [0, 0.1) is 0 Å². The summed E-state index contributed by atoms with van der Waals surface area (Å²) >= 11 is 6.14. The molecule has 0 aliphatic carbocycles. The van der Waals surface area contributed by atoms with Crippen LogP contribution in [0.3, 0.4) is 0 Å². The Morgan fingerprint density at radius 1 is 1.45 bits per heavy atom. The first-order chi connectivity index (χ1) is 9.74. The van der Waals surface area contributed by atoms with Gasteiger partial charge in [0.25, 0.3) is 0 Å². The Bertz CT molecular complexity index is 430. The number of likely N-dealkylation sites (N-methyl/N-ethyl adjacent to an activating group) is 1. The van der Waals surface area contributed by atoms with E-state index in [0.29, 0.717) is 5.15 Å². The van der Waals surface area contributed by atoms with E-state index in [2.05, 4.69) is 34.0 Å². The molecule has 1 saturated heterocycles. The lowest BCUT2D eigenvalue weighted by atomic mass is 10.2. The summed E-state index contributed by atoms with van der Waals surface area (Å²) in [5, 5.41) is 3.91. The molecule has 1 aliphatic rings. The molecule has 1 N–H and O–H groups in total. The predicted octanol–water partition coefficient (Wildman–Crippen LogP) is 2.22. The third-order valence-corrected chi connectivity index (χ3v) is 3.89. The van der Waals surface area contributed by atoms with Crippen LogP contribution in [0.2, 0.25) is 5.15 Å². The normalized spacial score (nSPS) is 20.1. The third-order valence-electron chi connectivity index (χ3n) is 3.56. The molecule has 0 saturated carbocycles. The van der Waals surface area contributed by atoms with E-state index in [1.54, 1.807) is 0 Å². The second-order valence-electron chi connectivity index (χ2n) is 5.01. The lowest BCUT2D eigenvalue weighted by Crippen LogP contribution is -2.45. The Morgan fingerprint density at radius 2 is 2.30 bits per heavy atom. The quantitative estimate of drug-likeness (QED) is 0.816. The van der Waals surface area contributed by atoms with Crippen molar-refractivity contribution in [1.82, 2.24) is 14.9 Å². The van der Waals surface area contributed by atoms with Crippen LogP contribution in [0.25, 0.3) is 0 Å². The van der Waals surface area contributed by atoms with Gasteiger partial charge < -0.3 is 10.1 Å². The van der Waals surface area contributed by atoms with Gasteiger partial charge in [-0.25, -0.2) is 9.97 Å². The van der Waals surface area contributed by atoms with E-state index in [1.165, 1.54) is 6.33 Å². The number of ether oxygens (including phenoxy) is 1. The highest BCUT2D eigenvalue weighted by Gasteiger charge is 2.19. The molecule has 1 atom stereocenters. The lowest BCUT2D eigenvalue weighted by Gasteiger charge is -2.32. The first-order valence-corrected chi connectivity index (χ1v) is 7.69. The van der Waals surface area contributed by atoms with Crippen molar-refractivity contribution in [3.05, 3.63) is 17.0 Å². The van der Waals surface area contributed by atoms with Gasteiger partial charge >= 0.3 is 0 Å². The van der Waals surface area contributed by atoms with Gasteiger partial charge in [-0.1, -0.05) is 31.9 Å². The van der Waals surface area contributed by atoms with Crippen LogP contribution in [-0.2, 0) is 11.2 Å². The average molecular weight is 299 g/mol. The molecule has 0 radical (unpaired) electrons. The molecule has 20 heavy (non-hydrogen) atoms. The van der Waals surface area contributed by atoms with Gasteiger partial charge in [-0.05, 0) is 13.0 Å². The number of halogens is 1. The minimum atomic E-state index is 0.201. The highest BCUT2D eigenvalue weighted by Crippen LogP contribution is 2.21. The largest absolute Gasteiger partial charge is 0.374 e. The summed E-state index contributed by atoms with van der Waals surface area (Å²) in [5.41, 5.74) is 1.000. The number of anilines is 1. The standard InChI is InChI=1S/C14H23ClN4O/c1-3-5-12-13(15)17-10-18-14(12)16-8-11-9-19(4-2)6-7-20-11/h10-11H,3-9H2,1-2H3,(H,16,17,18). The Morgan fingerprint density at radius 3 is 3.05 bits per heavy atom. The highest BCUT2D eigenvalue weighted by atomic mass is 35.5. The zero-order chi connectivity index (χ0) is 14.4. The van der Waals surface area contributed by atoms with Crippen molar-refractivity contribution in [2.75, 3.05) is 38.1 Å². The van der Waals surface area contributed by atoms with Gasteiger partial charge in [-0.3, -0.25) is 4.90 Å². The molecule has 1 aromatic heterocycles. The van der Waals surface area contributed by atoms with Gasteiger partial charge in [0.05, 0.1) is 12.7 Å². The zero-order valence-electron chi connectivity index (χ0n) is 12.2. The van der Waals surface area contributed by atoms with Crippen molar-refractivity contribution >= 4 is 17.4 Å². The number of rotatable bonds is 6. The van der Waals surface area contributed by atoms with E-state index < -0.39 is 0 Å². The van der Waals surface area contributed by atoms with Crippen LogP contribution in [0.1, 0.15) is 25.8 Å². The molecule has 5 nitrogen and oxygen atoms in total. The second-order valence-corrected chi connectivity index (χ2v) is 5.37. The Labute approximate surface area is 125 Å². The fraction of sp³-hybridized carbons (Fsp3) is 0.714. The van der Waals surface area contributed by atoms with Crippen molar-refractivity contribution in [3.63, 3.8) is 0 Å². The molecule has 6 heteroatoms. The molecule has 2 rings (SSSR count). The highest BCUT2D eigenvalue weighted by molar-refractivity contribution is 6.30. The summed E-state index contributed by atoms with van der Waals surface area (Å²) in [6.07, 6.45) is 3.61. The van der Waals surface area contributed by atoms with Gasteiger partial charge in [0, 0.05) is 25.2 Å². The molecule has 1 aliphatic heterocycles. The van der Waals surface area contributed by atoms with E-state index in [9.17, 15) is 0 Å². The Hall–Kier alpha value is -0.910. The van der Waals surface area contributed by atoms with Gasteiger partial charge in [0.2, 0.25) is 0 Å².